The fourth-order valence-electron chi connectivity index (χ4n) is 5.04. The third kappa shape index (κ3) is 4.93. The Balaban J connectivity index is 1.51. The second-order valence-electron chi connectivity index (χ2n) is 10.0. The number of nitriles is 1. The van der Waals surface area contributed by atoms with E-state index < -0.39 is 0 Å². The average Bonchev–Trinajstić information content (AvgIpc) is 3.17. The number of likely N-dealkylation sites (N-methyl/N-ethyl adjacent to an activating group) is 1. The number of nitrogens with zero attached hydrogens (tertiary/aromatic N) is 6. The molecule has 1 aromatic carbocycles. The number of urea groups is 1. The van der Waals surface area contributed by atoms with Gasteiger partial charge < -0.3 is 20.0 Å². The smallest absolute Gasteiger partial charge is 0.320 e. The molecule has 180 valence electrons. The molecule has 1 N–H and O–H groups in total. The van der Waals surface area contributed by atoms with E-state index in [0.29, 0.717) is 5.82 Å². The summed E-state index contributed by atoms with van der Waals surface area (Å²) < 4.78 is 0. The van der Waals surface area contributed by atoms with Gasteiger partial charge in [0.25, 0.3) is 0 Å². The number of rotatable bonds is 7. The Morgan fingerprint density at radius 2 is 1.97 bits per heavy atom. The quantitative estimate of drug-likeness (QED) is 0.653. The molecule has 1 atom stereocenters. The molecule has 1 aromatic heterocycles. The Morgan fingerprint density at radius 1 is 1.21 bits per heavy atom. The summed E-state index contributed by atoms with van der Waals surface area (Å²) in [5.74, 6) is 1.19. The molecule has 0 radical (unpaired) electrons. The van der Waals surface area contributed by atoms with Crippen LogP contribution in [-0.4, -0.2) is 65.1 Å². The van der Waals surface area contributed by atoms with E-state index in [-0.39, 0.29) is 23.2 Å². The molecule has 2 fully saturated rings. The highest BCUT2D eigenvalue weighted by molar-refractivity contribution is 5.76. The molecule has 2 saturated heterocycles. The molecule has 0 spiro atoms. The lowest BCUT2D eigenvalue weighted by Crippen LogP contribution is -2.49. The fourth-order valence-corrected chi connectivity index (χ4v) is 5.04. The highest BCUT2D eigenvalue weighted by atomic mass is 16.2. The summed E-state index contributed by atoms with van der Waals surface area (Å²) in [6.07, 6.45) is 5.91. The lowest BCUT2D eigenvalue weighted by atomic mass is 9.81. The minimum atomic E-state index is 0.102. The number of carbonyl (C=O) groups excluding carboxylic acids is 1. The van der Waals surface area contributed by atoms with Crippen molar-refractivity contribution in [2.24, 2.45) is 0 Å². The van der Waals surface area contributed by atoms with E-state index in [0.717, 1.165) is 63.4 Å². The fraction of sp³-hybridized carbons (Fsp3) is 0.538. The van der Waals surface area contributed by atoms with Crippen LogP contribution < -0.4 is 10.2 Å². The summed E-state index contributed by atoms with van der Waals surface area (Å²) >= 11 is 0. The van der Waals surface area contributed by atoms with Crippen molar-refractivity contribution in [2.45, 2.75) is 57.9 Å². The van der Waals surface area contributed by atoms with Crippen molar-refractivity contribution in [2.75, 3.05) is 43.4 Å². The van der Waals surface area contributed by atoms with Crippen LogP contribution >= 0.6 is 0 Å². The maximum atomic E-state index is 12.5. The van der Waals surface area contributed by atoms with Crippen LogP contribution in [0.2, 0.25) is 0 Å². The van der Waals surface area contributed by atoms with Gasteiger partial charge in [0, 0.05) is 38.9 Å². The SMILES string of the molecule is CCCC(C)(C)c1ccc(Nc2nc(N3CCC[C@@H](N4CCN(C)C4=O)C3)cnc2C#N)cc1. The predicted molar refractivity (Wildman–Crippen MR) is 134 cm³/mol. The van der Waals surface area contributed by atoms with Gasteiger partial charge in [-0.05, 0) is 42.4 Å². The van der Waals surface area contributed by atoms with Gasteiger partial charge in [0.15, 0.2) is 11.5 Å². The van der Waals surface area contributed by atoms with Crippen LogP contribution in [0.25, 0.3) is 0 Å². The van der Waals surface area contributed by atoms with Crippen LogP contribution in [0.1, 0.15) is 57.7 Å². The Labute approximate surface area is 202 Å². The number of piperidine rings is 1. The number of hydrogen-bond acceptors (Lipinski definition) is 6. The van der Waals surface area contributed by atoms with E-state index in [9.17, 15) is 10.1 Å². The third-order valence-corrected chi connectivity index (χ3v) is 7.08. The predicted octanol–water partition coefficient (Wildman–Crippen LogP) is 4.51. The Hall–Kier alpha value is -3.34. The third-order valence-electron chi connectivity index (χ3n) is 7.08. The molecule has 0 saturated carbocycles. The van der Waals surface area contributed by atoms with Gasteiger partial charge in [-0.25, -0.2) is 14.8 Å². The van der Waals surface area contributed by atoms with Gasteiger partial charge in [0.05, 0.1) is 12.2 Å². The van der Waals surface area contributed by atoms with Crippen LogP contribution in [-0.2, 0) is 5.41 Å². The van der Waals surface area contributed by atoms with Crippen molar-refractivity contribution < 1.29 is 4.79 Å². The zero-order valence-corrected chi connectivity index (χ0v) is 20.7. The van der Waals surface area contributed by atoms with E-state index >= 15 is 0 Å². The number of anilines is 3. The topological polar surface area (TPSA) is 88.4 Å². The summed E-state index contributed by atoms with van der Waals surface area (Å²) in [6.45, 7) is 9.86. The van der Waals surface area contributed by atoms with E-state index in [1.165, 1.54) is 5.56 Å². The molecule has 0 aliphatic carbocycles. The molecule has 2 aliphatic rings. The van der Waals surface area contributed by atoms with E-state index in [1.807, 2.05) is 24.1 Å². The van der Waals surface area contributed by atoms with Crippen LogP contribution in [0.3, 0.4) is 0 Å². The first-order valence-electron chi connectivity index (χ1n) is 12.2. The average molecular weight is 462 g/mol. The molecule has 0 unspecified atom stereocenters. The number of aromatic nitrogens is 2. The van der Waals surface area contributed by atoms with Crippen LogP contribution in [0, 0.1) is 11.3 Å². The first-order chi connectivity index (χ1) is 16.3. The monoisotopic (exact) mass is 461 g/mol. The molecule has 3 heterocycles. The molecule has 8 heteroatoms. The number of carbonyl (C=O) groups is 1. The second kappa shape index (κ2) is 9.88. The van der Waals surface area contributed by atoms with Crippen LogP contribution in [0.4, 0.5) is 22.1 Å². The maximum Gasteiger partial charge on any atom is 0.320 e. The Bertz CT molecular complexity index is 1060. The first-order valence-corrected chi connectivity index (χ1v) is 12.2. The largest absolute Gasteiger partial charge is 0.353 e. The highest BCUT2D eigenvalue weighted by Gasteiger charge is 2.34. The first kappa shape index (κ1) is 23.8. The Kier molecular flexibility index (Phi) is 6.92. The Morgan fingerprint density at radius 3 is 2.62 bits per heavy atom. The van der Waals surface area contributed by atoms with Gasteiger partial charge in [-0.2, -0.15) is 5.26 Å². The zero-order chi connectivity index (χ0) is 24.3. The number of nitrogens with one attached hydrogen (secondary N) is 1. The van der Waals surface area contributed by atoms with Gasteiger partial charge in [-0.3, -0.25) is 0 Å². The summed E-state index contributed by atoms with van der Waals surface area (Å²) in [7, 11) is 1.85. The lowest BCUT2D eigenvalue weighted by molar-refractivity contribution is 0.175. The molecule has 4 rings (SSSR count). The molecule has 34 heavy (non-hydrogen) atoms. The summed E-state index contributed by atoms with van der Waals surface area (Å²) in [4.78, 5) is 27.6. The van der Waals surface area contributed by atoms with Gasteiger partial charge >= 0.3 is 6.03 Å². The maximum absolute atomic E-state index is 12.5. The molecule has 2 aromatic rings. The summed E-state index contributed by atoms with van der Waals surface area (Å²) in [5.41, 5.74) is 2.56. The number of benzene rings is 1. The van der Waals surface area contributed by atoms with Crippen molar-refractivity contribution in [3.05, 3.63) is 41.7 Å². The number of hydrogen-bond donors (Lipinski definition) is 1. The normalized spacial score (nSPS) is 18.9. The van der Waals surface area contributed by atoms with Gasteiger partial charge in [-0.15, -0.1) is 0 Å². The summed E-state index contributed by atoms with van der Waals surface area (Å²) in [6, 6.07) is 10.8. The molecule has 0 bridgehead atoms. The van der Waals surface area contributed by atoms with E-state index in [2.05, 4.69) is 54.2 Å². The van der Waals surface area contributed by atoms with E-state index in [4.69, 9.17) is 4.98 Å². The summed E-state index contributed by atoms with van der Waals surface area (Å²) in [5, 5.41) is 12.9. The number of amides is 2. The lowest BCUT2D eigenvalue weighted by Gasteiger charge is -2.37. The minimum absolute atomic E-state index is 0.102. The van der Waals surface area contributed by atoms with Crippen LogP contribution in [0.15, 0.2) is 30.5 Å². The van der Waals surface area contributed by atoms with Crippen molar-refractivity contribution in [1.29, 1.82) is 5.26 Å². The van der Waals surface area contributed by atoms with E-state index in [1.54, 1.807) is 11.1 Å². The second-order valence-corrected chi connectivity index (χ2v) is 10.0. The van der Waals surface area contributed by atoms with Gasteiger partial charge in [0.1, 0.15) is 11.9 Å². The van der Waals surface area contributed by atoms with Crippen molar-refractivity contribution in [1.82, 2.24) is 19.8 Å². The van der Waals surface area contributed by atoms with Crippen molar-refractivity contribution >= 4 is 23.4 Å². The highest BCUT2D eigenvalue weighted by Crippen LogP contribution is 2.30. The van der Waals surface area contributed by atoms with Crippen molar-refractivity contribution in [3.63, 3.8) is 0 Å². The van der Waals surface area contributed by atoms with Gasteiger partial charge in [0.2, 0.25) is 0 Å². The molecular formula is C26H35N7O. The molecular weight excluding hydrogens is 426 g/mol. The zero-order valence-electron chi connectivity index (χ0n) is 20.7. The molecule has 2 aliphatic heterocycles. The molecule has 2 amide bonds. The minimum Gasteiger partial charge on any atom is -0.353 e. The standard InChI is InChI=1S/C26H35N7O/c1-5-12-26(2,3)19-8-10-20(11-9-19)29-24-22(16-27)28-17-23(30-24)32-13-6-7-21(18-32)33-15-14-31(4)25(33)34/h8-11,17,21H,5-7,12-15,18H2,1-4H3,(H,29,30)/t21-/m1/s1. The molecule has 8 nitrogen and oxygen atoms in total. The van der Waals surface area contributed by atoms with Crippen LogP contribution in [0.5, 0.6) is 0 Å². The van der Waals surface area contributed by atoms with Crippen molar-refractivity contribution in [3.8, 4) is 6.07 Å². The van der Waals surface area contributed by atoms with Gasteiger partial charge in [-0.1, -0.05) is 39.3 Å².